The van der Waals surface area contributed by atoms with Crippen LogP contribution < -0.4 is 18.9 Å². The summed E-state index contributed by atoms with van der Waals surface area (Å²) in [4.78, 5) is 15.4. The fourth-order valence-electron chi connectivity index (χ4n) is 2.93. The topological polar surface area (TPSA) is 116 Å². The van der Waals surface area contributed by atoms with Gasteiger partial charge in [0.25, 0.3) is 10.0 Å². The zero-order valence-corrected chi connectivity index (χ0v) is 17.8. The third kappa shape index (κ3) is 3.99. The van der Waals surface area contributed by atoms with Gasteiger partial charge in [0, 0.05) is 11.5 Å². The number of fused-ring (bicyclic) bond motifs is 1. The first kappa shape index (κ1) is 21.3. The van der Waals surface area contributed by atoms with Crippen molar-refractivity contribution in [2.75, 3.05) is 32.7 Å². The predicted molar refractivity (Wildman–Crippen MR) is 111 cm³/mol. The Bertz CT molecular complexity index is 1170. The fraction of sp³-hybridized carbons (Fsp3) is 0.250. The molecule has 3 aromatic rings. The van der Waals surface area contributed by atoms with Gasteiger partial charge in [-0.1, -0.05) is 0 Å². The summed E-state index contributed by atoms with van der Waals surface area (Å²) in [5.41, 5.74) is 0.502. The molecule has 0 aliphatic heterocycles. The Morgan fingerprint density at radius 3 is 2.20 bits per heavy atom. The minimum atomic E-state index is -4.01. The number of hydrogen-bond acceptors (Lipinski definition) is 7. The third-order valence-electron chi connectivity index (χ3n) is 4.39. The number of aromatic nitrogens is 1. The highest BCUT2D eigenvalue weighted by molar-refractivity contribution is 7.92. The number of nitrogens with one attached hydrogen (secondary N) is 2. The van der Waals surface area contributed by atoms with Crippen LogP contribution in [-0.4, -0.2) is 47.3 Å². The van der Waals surface area contributed by atoms with Crippen molar-refractivity contribution >= 4 is 32.6 Å². The molecular weight excluding hydrogens is 412 g/mol. The number of rotatable bonds is 8. The molecule has 0 fully saturated rings. The molecule has 3 rings (SSSR count). The largest absolute Gasteiger partial charge is 0.497 e. The van der Waals surface area contributed by atoms with E-state index < -0.39 is 16.0 Å². The maximum atomic E-state index is 13.0. The van der Waals surface area contributed by atoms with Crippen LogP contribution in [0.25, 0.3) is 10.9 Å². The second-order valence-electron chi connectivity index (χ2n) is 6.13. The molecule has 0 spiro atoms. The lowest BCUT2D eigenvalue weighted by molar-refractivity contribution is 0.0522. The average molecular weight is 434 g/mol. The van der Waals surface area contributed by atoms with Crippen LogP contribution in [0, 0.1) is 0 Å². The van der Waals surface area contributed by atoms with Crippen molar-refractivity contribution in [2.45, 2.75) is 11.8 Å². The van der Waals surface area contributed by atoms with Crippen molar-refractivity contribution in [1.29, 1.82) is 0 Å². The van der Waals surface area contributed by atoms with E-state index in [0.717, 1.165) is 0 Å². The summed E-state index contributed by atoms with van der Waals surface area (Å²) in [5.74, 6) is 0.625. The lowest BCUT2D eigenvalue weighted by Crippen LogP contribution is -2.16. The maximum Gasteiger partial charge on any atom is 0.356 e. The summed E-state index contributed by atoms with van der Waals surface area (Å²) in [6, 6.07) is 9.07. The molecule has 2 N–H and O–H groups in total. The fourth-order valence-corrected chi connectivity index (χ4v) is 4.02. The highest BCUT2D eigenvalue weighted by Gasteiger charge is 2.25. The Morgan fingerprint density at radius 2 is 1.63 bits per heavy atom. The van der Waals surface area contributed by atoms with Crippen molar-refractivity contribution in [1.82, 2.24) is 4.98 Å². The summed E-state index contributed by atoms with van der Waals surface area (Å²) in [7, 11) is 0.416. The lowest BCUT2D eigenvalue weighted by atomic mass is 10.2. The number of H-pyrrole nitrogens is 1. The smallest absolute Gasteiger partial charge is 0.356 e. The van der Waals surface area contributed by atoms with Gasteiger partial charge < -0.3 is 23.9 Å². The number of carbonyl (C=O) groups excluding carboxylic acids is 1. The van der Waals surface area contributed by atoms with E-state index in [1.807, 2.05) is 0 Å². The number of hydrogen-bond donors (Lipinski definition) is 2. The Hall–Kier alpha value is -3.40. The van der Waals surface area contributed by atoms with Gasteiger partial charge in [-0.15, -0.1) is 0 Å². The monoisotopic (exact) mass is 434 g/mol. The highest BCUT2D eigenvalue weighted by Crippen LogP contribution is 2.38. The molecule has 0 atom stereocenters. The number of methoxy groups -OCH3 is 3. The van der Waals surface area contributed by atoms with Crippen molar-refractivity contribution < 1.29 is 32.2 Å². The second-order valence-corrected chi connectivity index (χ2v) is 7.81. The first-order valence-electron chi connectivity index (χ1n) is 8.96. The first-order valence-corrected chi connectivity index (χ1v) is 10.4. The summed E-state index contributed by atoms with van der Waals surface area (Å²) in [6.45, 7) is 1.79. The summed E-state index contributed by atoms with van der Waals surface area (Å²) in [6.07, 6.45) is 0. The normalized spacial score (nSPS) is 11.2. The summed E-state index contributed by atoms with van der Waals surface area (Å²) < 4.78 is 49.2. The van der Waals surface area contributed by atoms with E-state index in [0.29, 0.717) is 28.2 Å². The van der Waals surface area contributed by atoms with E-state index >= 15 is 0 Å². The molecule has 1 heterocycles. The zero-order chi connectivity index (χ0) is 21.9. The molecule has 2 aromatic carbocycles. The maximum absolute atomic E-state index is 13.0. The molecule has 0 saturated carbocycles. The number of ether oxygens (including phenoxy) is 4. The van der Waals surface area contributed by atoms with Crippen LogP contribution >= 0.6 is 0 Å². The molecule has 30 heavy (non-hydrogen) atoms. The van der Waals surface area contributed by atoms with Crippen LogP contribution in [-0.2, 0) is 14.8 Å². The van der Waals surface area contributed by atoms with Gasteiger partial charge in [0.1, 0.15) is 5.75 Å². The van der Waals surface area contributed by atoms with Crippen molar-refractivity contribution in [3.8, 4) is 17.2 Å². The van der Waals surface area contributed by atoms with E-state index in [-0.39, 0.29) is 22.9 Å². The standard InChI is InChI=1S/C20H22N2O7S/c1-5-29-20(23)19-18(14-10-16(27-3)17(28-4)11-15(14)21-19)22-30(24,25)13-8-6-12(26-2)7-9-13/h6-11,21-22H,5H2,1-4H3. The van der Waals surface area contributed by atoms with E-state index in [1.54, 1.807) is 19.1 Å². The van der Waals surface area contributed by atoms with Crippen LogP contribution in [0.5, 0.6) is 17.2 Å². The van der Waals surface area contributed by atoms with Gasteiger partial charge in [-0.3, -0.25) is 4.72 Å². The predicted octanol–water partition coefficient (Wildman–Crippen LogP) is 3.17. The van der Waals surface area contributed by atoms with Crippen LogP contribution in [0.4, 0.5) is 5.69 Å². The molecule has 0 aliphatic rings. The van der Waals surface area contributed by atoms with E-state index in [1.165, 1.54) is 45.6 Å². The van der Waals surface area contributed by atoms with Gasteiger partial charge in [-0.2, -0.15) is 0 Å². The quantitative estimate of drug-likeness (QED) is 0.523. The van der Waals surface area contributed by atoms with Gasteiger partial charge in [0.2, 0.25) is 0 Å². The Kier molecular flexibility index (Phi) is 6.06. The molecule has 0 saturated heterocycles. The van der Waals surface area contributed by atoms with Crippen LogP contribution in [0.1, 0.15) is 17.4 Å². The molecule has 0 radical (unpaired) electrons. The Labute approximate surface area is 173 Å². The number of esters is 1. The molecule has 0 amide bonds. The van der Waals surface area contributed by atoms with Gasteiger partial charge in [0.15, 0.2) is 17.2 Å². The molecule has 160 valence electrons. The molecular formula is C20H22N2O7S. The summed E-state index contributed by atoms with van der Waals surface area (Å²) >= 11 is 0. The van der Waals surface area contributed by atoms with E-state index in [2.05, 4.69) is 9.71 Å². The second kappa shape index (κ2) is 8.54. The average Bonchev–Trinajstić information content (AvgIpc) is 3.09. The first-order chi connectivity index (χ1) is 14.3. The minimum Gasteiger partial charge on any atom is -0.497 e. The molecule has 0 bridgehead atoms. The Balaban J connectivity index is 2.15. The van der Waals surface area contributed by atoms with E-state index in [9.17, 15) is 13.2 Å². The van der Waals surface area contributed by atoms with Gasteiger partial charge >= 0.3 is 5.97 Å². The minimum absolute atomic E-state index is 0.00735. The van der Waals surface area contributed by atoms with Crippen molar-refractivity contribution in [2.24, 2.45) is 0 Å². The number of benzene rings is 2. The van der Waals surface area contributed by atoms with Gasteiger partial charge in [0.05, 0.1) is 44.0 Å². The van der Waals surface area contributed by atoms with Crippen LogP contribution in [0.2, 0.25) is 0 Å². The molecule has 1 aromatic heterocycles. The van der Waals surface area contributed by atoms with Gasteiger partial charge in [-0.25, -0.2) is 13.2 Å². The lowest BCUT2D eigenvalue weighted by Gasteiger charge is -2.11. The SMILES string of the molecule is CCOC(=O)c1[nH]c2cc(OC)c(OC)cc2c1NS(=O)(=O)c1ccc(OC)cc1. The Morgan fingerprint density at radius 1 is 1.00 bits per heavy atom. The van der Waals surface area contributed by atoms with Gasteiger partial charge in [-0.05, 0) is 37.3 Å². The highest BCUT2D eigenvalue weighted by atomic mass is 32.2. The molecule has 10 heteroatoms. The molecule has 9 nitrogen and oxygen atoms in total. The van der Waals surface area contributed by atoms with Crippen LogP contribution in [0.15, 0.2) is 41.3 Å². The summed E-state index contributed by atoms with van der Waals surface area (Å²) in [5, 5.41) is 0.424. The zero-order valence-electron chi connectivity index (χ0n) is 16.9. The number of carbonyl (C=O) groups is 1. The van der Waals surface area contributed by atoms with Crippen LogP contribution in [0.3, 0.4) is 0 Å². The number of anilines is 1. The van der Waals surface area contributed by atoms with E-state index in [4.69, 9.17) is 18.9 Å². The number of sulfonamides is 1. The van der Waals surface area contributed by atoms with Crippen molar-refractivity contribution in [3.05, 3.63) is 42.1 Å². The van der Waals surface area contributed by atoms with Crippen molar-refractivity contribution in [3.63, 3.8) is 0 Å². The molecule has 0 unspecified atom stereocenters. The third-order valence-corrected chi connectivity index (χ3v) is 5.75. The number of aromatic amines is 1. The molecule has 0 aliphatic carbocycles.